The monoisotopic (exact) mass is 447 g/mol. The van der Waals surface area contributed by atoms with Crippen LogP contribution in [-0.4, -0.2) is 30.8 Å². The molecule has 2 aromatic rings. The number of hydrogen-bond acceptors (Lipinski definition) is 4. The van der Waals surface area contributed by atoms with Gasteiger partial charge in [0.1, 0.15) is 5.82 Å². The van der Waals surface area contributed by atoms with Crippen molar-refractivity contribution in [3.05, 3.63) is 70.1 Å². The van der Waals surface area contributed by atoms with Gasteiger partial charge in [0.2, 0.25) is 5.91 Å². The molecule has 5 nitrogen and oxygen atoms in total. The predicted molar refractivity (Wildman–Crippen MR) is 106 cm³/mol. The highest BCUT2D eigenvalue weighted by atomic mass is 79.9. The summed E-state index contributed by atoms with van der Waals surface area (Å²) in [5.41, 5.74) is 1.43. The number of amides is 1. The van der Waals surface area contributed by atoms with Crippen molar-refractivity contribution in [2.45, 2.75) is 18.9 Å². The first-order valence-corrected chi connectivity index (χ1v) is 9.40. The summed E-state index contributed by atoms with van der Waals surface area (Å²) in [5.74, 6) is 0.441. The quantitative estimate of drug-likeness (QED) is 0.688. The Morgan fingerprint density at radius 1 is 1.18 bits per heavy atom. The number of hydrogen-bond donors (Lipinski definition) is 0. The summed E-state index contributed by atoms with van der Waals surface area (Å²) in [5, 5.41) is 0. The van der Waals surface area contributed by atoms with Crippen LogP contribution in [0.5, 0.6) is 11.5 Å². The van der Waals surface area contributed by atoms with Gasteiger partial charge in [-0.3, -0.25) is 9.59 Å². The average molecular weight is 448 g/mol. The molecule has 1 amide bonds. The molecule has 0 unspecified atom stereocenters. The summed E-state index contributed by atoms with van der Waals surface area (Å²) in [6.45, 7) is 0. The van der Waals surface area contributed by atoms with Crippen LogP contribution in [0.15, 0.2) is 53.1 Å². The van der Waals surface area contributed by atoms with Crippen LogP contribution in [0.25, 0.3) is 0 Å². The minimum Gasteiger partial charge on any atom is -0.493 e. The molecule has 2 aromatic carbocycles. The van der Waals surface area contributed by atoms with Gasteiger partial charge in [-0.15, -0.1) is 0 Å². The van der Waals surface area contributed by atoms with Crippen LogP contribution in [-0.2, 0) is 16.0 Å². The minimum absolute atomic E-state index is 0.0781. The maximum atomic E-state index is 13.3. The maximum Gasteiger partial charge on any atom is 0.231 e. The van der Waals surface area contributed by atoms with Crippen molar-refractivity contribution in [2.75, 3.05) is 14.2 Å². The predicted octanol–water partition coefficient (Wildman–Crippen LogP) is 4.20. The molecule has 0 saturated carbocycles. The second-order valence-corrected chi connectivity index (χ2v) is 7.18. The van der Waals surface area contributed by atoms with E-state index in [1.54, 1.807) is 24.3 Å². The third kappa shape index (κ3) is 4.25. The molecule has 1 heterocycles. The van der Waals surface area contributed by atoms with Crippen molar-refractivity contribution in [2.24, 2.45) is 0 Å². The highest BCUT2D eigenvalue weighted by molar-refractivity contribution is 9.10. The Morgan fingerprint density at radius 2 is 1.82 bits per heavy atom. The van der Waals surface area contributed by atoms with E-state index < -0.39 is 6.04 Å². The van der Waals surface area contributed by atoms with E-state index in [4.69, 9.17) is 9.47 Å². The third-order valence-electron chi connectivity index (χ3n) is 4.59. The van der Waals surface area contributed by atoms with E-state index in [9.17, 15) is 14.0 Å². The van der Waals surface area contributed by atoms with Gasteiger partial charge in [-0.05, 0) is 41.5 Å². The number of ether oxygens (including phenoxy) is 2. The molecule has 0 N–H and O–H groups in total. The van der Waals surface area contributed by atoms with Gasteiger partial charge in [-0.1, -0.05) is 28.1 Å². The van der Waals surface area contributed by atoms with E-state index in [2.05, 4.69) is 15.9 Å². The van der Waals surface area contributed by atoms with Crippen molar-refractivity contribution in [1.82, 2.24) is 4.90 Å². The molecule has 0 fully saturated rings. The smallest absolute Gasteiger partial charge is 0.231 e. The summed E-state index contributed by atoms with van der Waals surface area (Å²) in [6, 6.07) is 8.86. The first-order chi connectivity index (χ1) is 13.4. The number of halogens is 2. The molecule has 146 valence electrons. The van der Waals surface area contributed by atoms with Crippen LogP contribution in [0.1, 0.15) is 23.6 Å². The zero-order valence-electron chi connectivity index (χ0n) is 15.4. The van der Waals surface area contributed by atoms with Gasteiger partial charge < -0.3 is 14.4 Å². The Labute approximate surface area is 170 Å². The Kier molecular flexibility index (Phi) is 6.14. The number of methoxy groups -OCH3 is 2. The van der Waals surface area contributed by atoms with E-state index in [0.717, 1.165) is 5.56 Å². The van der Waals surface area contributed by atoms with Gasteiger partial charge in [0.25, 0.3) is 0 Å². The first-order valence-electron chi connectivity index (χ1n) is 8.61. The number of carbonyl (C=O) groups is 2. The number of nitrogens with zero attached hydrogens (tertiary/aromatic N) is 1. The van der Waals surface area contributed by atoms with Gasteiger partial charge in [0.05, 0.1) is 26.7 Å². The average Bonchev–Trinajstić information content (AvgIpc) is 2.69. The van der Waals surface area contributed by atoms with Gasteiger partial charge in [0.15, 0.2) is 17.3 Å². The van der Waals surface area contributed by atoms with Crippen LogP contribution >= 0.6 is 15.9 Å². The molecule has 0 saturated heterocycles. The normalized spacial score (nSPS) is 16.2. The van der Waals surface area contributed by atoms with Crippen LogP contribution in [0.2, 0.25) is 0 Å². The topological polar surface area (TPSA) is 55.8 Å². The SMILES string of the molecule is COc1cc(Br)c(CC(=O)N2C=CC(=O)C[C@H]2c2ccc(F)cc2)cc1OC. The van der Waals surface area contributed by atoms with E-state index in [1.165, 1.54) is 43.5 Å². The van der Waals surface area contributed by atoms with Crippen molar-refractivity contribution >= 4 is 27.6 Å². The summed E-state index contributed by atoms with van der Waals surface area (Å²) in [4.78, 5) is 26.5. The van der Waals surface area contributed by atoms with E-state index in [1.807, 2.05) is 0 Å². The molecular weight excluding hydrogens is 429 g/mol. The zero-order valence-corrected chi connectivity index (χ0v) is 17.0. The van der Waals surface area contributed by atoms with Gasteiger partial charge in [-0.25, -0.2) is 4.39 Å². The molecule has 7 heteroatoms. The van der Waals surface area contributed by atoms with Crippen LogP contribution in [0.4, 0.5) is 4.39 Å². The number of carbonyl (C=O) groups excluding carboxylic acids is 2. The summed E-state index contributed by atoms with van der Waals surface area (Å²) < 4.78 is 24.5. The molecule has 0 bridgehead atoms. The largest absolute Gasteiger partial charge is 0.493 e. The fourth-order valence-electron chi connectivity index (χ4n) is 3.13. The van der Waals surface area contributed by atoms with Crippen molar-refractivity contribution in [3.8, 4) is 11.5 Å². The fourth-order valence-corrected chi connectivity index (χ4v) is 3.59. The second-order valence-electron chi connectivity index (χ2n) is 6.33. The Hall–Kier alpha value is -2.67. The Balaban J connectivity index is 1.88. The molecule has 3 rings (SSSR count). The minimum atomic E-state index is -0.468. The highest BCUT2D eigenvalue weighted by Gasteiger charge is 2.29. The van der Waals surface area contributed by atoms with Crippen molar-refractivity contribution in [1.29, 1.82) is 0 Å². The number of rotatable bonds is 5. The summed E-state index contributed by atoms with van der Waals surface area (Å²) in [6.07, 6.45) is 3.14. The molecule has 1 atom stereocenters. The molecule has 1 aliphatic rings. The molecule has 0 radical (unpaired) electrons. The van der Waals surface area contributed by atoms with Crippen LogP contribution in [0, 0.1) is 5.82 Å². The fraction of sp³-hybridized carbons (Fsp3) is 0.238. The molecule has 1 aliphatic heterocycles. The molecule has 28 heavy (non-hydrogen) atoms. The van der Waals surface area contributed by atoms with Crippen molar-refractivity contribution < 1.29 is 23.5 Å². The van der Waals surface area contributed by atoms with E-state index >= 15 is 0 Å². The third-order valence-corrected chi connectivity index (χ3v) is 5.33. The lowest BCUT2D eigenvalue weighted by Gasteiger charge is -2.31. The molecule has 0 spiro atoms. The lowest BCUT2D eigenvalue weighted by molar-refractivity contribution is -0.131. The number of allylic oxidation sites excluding steroid dienone is 1. The van der Waals surface area contributed by atoms with Crippen LogP contribution < -0.4 is 9.47 Å². The molecular formula is C21H19BrFNO4. The van der Waals surface area contributed by atoms with Gasteiger partial charge in [-0.2, -0.15) is 0 Å². The lowest BCUT2D eigenvalue weighted by atomic mass is 9.96. The van der Waals surface area contributed by atoms with Gasteiger partial charge in [0, 0.05) is 17.1 Å². The maximum absolute atomic E-state index is 13.3. The van der Waals surface area contributed by atoms with E-state index in [-0.39, 0.29) is 30.3 Å². The number of ketones is 1. The summed E-state index contributed by atoms with van der Waals surface area (Å²) in [7, 11) is 3.07. The number of benzene rings is 2. The molecule has 0 aliphatic carbocycles. The standard InChI is InChI=1S/C21H19BrFNO4/c1-27-19-9-14(17(22)12-20(19)28-2)10-21(26)24-8-7-16(25)11-18(24)13-3-5-15(23)6-4-13/h3-9,12,18H,10-11H2,1-2H3/t18-/m0/s1. The highest BCUT2D eigenvalue weighted by Crippen LogP contribution is 2.35. The zero-order chi connectivity index (χ0) is 20.3. The first kappa shape index (κ1) is 20.1. The second kappa shape index (κ2) is 8.56. The molecule has 0 aromatic heterocycles. The Morgan fingerprint density at radius 3 is 2.46 bits per heavy atom. The lowest BCUT2D eigenvalue weighted by Crippen LogP contribution is -2.35. The van der Waals surface area contributed by atoms with Gasteiger partial charge >= 0.3 is 0 Å². The summed E-state index contributed by atoms with van der Waals surface area (Å²) >= 11 is 3.46. The van der Waals surface area contributed by atoms with E-state index in [0.29, 0.717) is 21.5 Å². The van der Waals surface area contributed by atoms with Crippen molar-refractivity contribution in [3.63, 3.8) is 0 Å². The Bertz CT molecular complexity index is 927. The van der Waals surface area contributed by atoms with Crippen LogP contribution in [0.3, 0.4) is 0 Å².